The minimum Gasteiger partial charge on any atom is -0.495 e. The molecule has 5 amide bonds. The Kier molecular flexibility index (Phi) is 13.2. The minimum atomic E-state index is -4.70. The fraction of sp³-hybridized carbons (Fsp3) is 0.472. The molecule has 20 heteroatoms. The molecule has 1 spiro atoms. The molecule has 0 saturated carbocycles. The predicted molar refractivity (Wildman–Crippen MR) is 265 cm³/mol. The molecule has 4 saturated heterocycles. The number of pyridine rings is 1. The van der Waals surface area contributed by atoms with E-state index in [-0.39, 0.29) is 69.9 Å². The highest BCUT2D eigenvalue weighted by Gasteiger charge is 2.62. The van der Waals surface area contributed by atoms with Crippen LogP contribution in [0.2, 0.25) is 5.02 Å². The zero-order valence-corrected chi connectivity index (χ0v) is 41.8. The molecule has 4 aromatic rings. The lowest BCUT2D eigenvalue weighted by molar-refractivity contribution is -0.141. The lowest BCUT2D eigenvalue weighted by atomic mass is 9.63. The number of nitrogens with one attached hydrogen (secondary N) is 4. The summed E-state index contributed by atoms with van der Waals surface area (Å²) in [4.78, 5) is 78.3. The second kappa shape index (κ2) is 19.2. The average molecular weight is 1030 g/mol. The summed E-state index contributed by atoms with van der Waals surface area (Å²) >= 11 is 6.38. The number of methoxy groups -OCH3 is 1. The Morgan fingerprint density at radius 3 is 2.40 bits per heavy atom. The number of rotatable bonds is 9. The first-order valence-corrected chi connectivity index (χ1v) is 25.2. The molecule has 5 atom stereocenters. The molecule has 10 rings (SSSR count). The number of halogens is 5. The molecule has 4 N–H and O–H groups in total. The molecule has 4 fully saturated rings. The van der Waals surface area contributed by atoms with Gasteiger partial charge in [0, 0.05) is 116 Å². The molecule has 0 aliphatic carbocycles. The van der Waals surface area contributed by atoms with E-state index in [0.717, 1.165) is 56.3 Å². The zero-order chi connectivity index (χ0) is 51.7. The first-order chi connectivity index (χ1) is 34.7. The summed E-state index contributed by atoms with van der Waals surface area (Å²) in [5, 5.41) is 11.8. The molecule has 3 aromatic carbocycles. The Bertz CT molecular complexity index is 2880. The number of hydrogen-bond acceptors (Lipinski definition) is 11. The second-order valence-corrected chi connectivity index (χ2v) is 21.7. The molecule has 386 valence electrons. The molecule has 1 unspecified atom stereocenters. The number of benzene rings is 3. The fourth-order valence-electron chi connectivity index (χ4n) is 12.2. The number of likely N-dealkylation sites (tertiary alicyclic amines) is 1. The first-order valence-electron chi connectivity index (χ1n) is 24.8. The van der Waals surface area contributed by atoms with Gasteiger partial charge in [0.05, 0.1) is 23.9 Å². The van der Waals surface area contributed by atoms with Gasteiger partial charge in [0.25, 0.3) is 11.8 Å². The van der Waals surface area contributed by atoms with E-state index in [1.807, 2.05) is 43.9 Å². The van der Waals surface area contributed by atoms with Gasteiger partial charge in [-0.05, 0) is 90.8 Å². The summed E-state index contributed by atoms with van der Waals surface area (Å²) in [6.07, 6.45) is -0.957. The maximum Gasteiger partial charge on any atom is 0.433 e. The van der Waals surface area contributed by atoms with Crippen LogP contribution in [0.25, 0.3) is 0 Å². The van der Waals surface area contributed by atoms with Gasteiger partial charge in [0.1, 0.15) is 23.3 Å². The van der Waals surface area contributed by atoms with Crippen LogP contribution in [-0.2, 0) is 32.5 Å². The monoisotopic (exact) mass is 1030 g/mol. The van der Waals surface area contributed by atoms with Crippen LogP contribution in [0, 0.1) is 11.2 Å². The number of ether oxygens (including phenoxy) is 1. The van der Waals surface area contributed by atoms with Crippen molar-refractivity contribution in [3.63, 3.8) is 0 Å². The van der Waals surface area contributed by atoms with Crippen molar-refractivity contribution in [2.75, 3.05) is 68.5 Å². The number of nitrogens with zero attached hydrogens (tertiary/aromatic N) is 5. The van der Waals surface area contributed by atoms with Crippen molar-refractivity contribution in [1.29, 1.82) is 0 Å². The lowest BCUT2D eigenvalue weighted by Gasteiger charge is -2.43. The van der Waals surface area contributed by atoms with Crippen LogP contribution in [0.1, 0.15) is 102 Å². The number of fused-ring (bicyclic) bond motifs is 3. The number of carbonyl (C=O) groups is 5. The second-order valence-electron chi connectivity index (χ2n) is 21.3. The highest BCUT2D eigenvalue weighted by atomic mass is 35.5. The predicted octanol–water partition coefficient (Wildman–Crippen LogP) is 6.95. The van der Waals surface area contributed by atoms with Gasteiger partial charge < -0.3 is 35.4 Å². The van der Waals surface area contributed by atoms with E-state index in [1.54, 1.807) is 35.2 Å². The topological polar surface area (TPSA) is 169 Å². The van der Waals surface area contributed by atoms with Crippen LogP contribution in [0.4, 0.5) is 34.6 Å². The van der Waals surface area contributed by atoms with Crippen LogP contribution in [0.15, 0.2) is 66.9 Å². The third kappa shape index (κ3) is 9.36. The number of aromatic nitrogens is 1. The Hall–Kier alpha value is -6.31. The van der Waals surface area contributed by atoms with Crippen LogP contribution in [0.3, 0.4) is 0 Å². The van der Waals surface area contributed by atoms with Gasteiger partial charge in [0.2, 0.25) is 17.7 Å². The Morgan fingerprint density at radius 2 is 1.70 bits per heavy atom. The highest BCUT2D eigenvalue weighted by Crippen LogP contribution is 2.57. The van der Waals surface area contributed by atoms with Gasteiger partial charge in [-0.1, -0.05) is 44.5 Å². The number of amides is 5. The minimum absolute atomic E-state index is 0.0886. The lowest BCUT2D eigenvalue weighted by Crippen LogP contribution is -2.53. The van der Waals surface area contributed by atoms with Gasteiger partial charge in [-0.25, -0.2) is 4.39 Å². The average Bonchev–Trinajstić information content (AvgIpc) is 4.01. The maximum atomic E-state index is 16.3. The van der Waals surface area contributed by atoms with Crippen molar-refractivity contribution in [2.45, 2.75) is 101 Å². The number of hydrogen-bond donors (Lipinski definition) is 4. The van der Waals surface area contributed by atoms with Crippen LogP contribution in [-0.4, -0.2) is 126 Å². The Labute approximate surface area is 425 Å². The molecule has 6 aliphatic heterocycles. The van der Waals surface area contributed by atoms with Crippen molar-refractivity contribution in [2.24, 2.45) is 5.41 Å². The largest absolute Gasteiger partial charge is 0.495 e. The highest BCUT2D eigenvalue weighted by molar-refractivity contribution is 6.30. The normalized spacial score (nSPS) is 24.7. The molecule has 0 bridgehead atoms. The van der Waals surface area contributed by atoms with Crippen molar-refractivity contribution in [3.8, 4) is 5.75 Å². The van der Waals surface area contributed by atoms with E-state index in [4.69, 9.17) is 16.3 Å². The fourth-order valence-corrected chi connectivity index (χ4v) is 12.4. The van der Waals surface area contributed by atoms with E-state index in [2.05, 4.69) is 36.1 Å². The summed E-state index contributed by atoms with van der Waals surface area (Å²) in [6.45, 7) is 10.8. The molecule has 73 heavy (non-hydrogen) atoms. The zero-order valence-electron chi connectivity index (χ0n) is 41.0. The van der Waals surface area contributed by atoms with E-state index in [1.165, 1.54) is 19.4 Å². The Balaban J connectivity index is 0.797. The van der Waals surface area contributed by atoms with Gasteiger partial charge in [-0.3, -0.25) is 39.2 Å². The van der Waals surface area contributed by atoms with Crippen molar-refractivity contribution in [1.82, 2.24) is 30.3 Å². The first kappa shape index (κ1) is 50.2. The van der Waals surface area contributed by atoms with Crippen molar-refractivity contribution in [3.05, 3.63) is 111 Å². The van der Waals surface area contributed by atoms with Crippen LogP contribution in [0.5, 0.6) is 5.75 Å². The third-order valence-corrected chi connectivity index (χ3v) is 16.0. The summed E-state index contributed by atoms with van der Waals surface area (Å²) in [5.74, 6) is -3.14. The number of piperidine rings is 2. The van der Waals surface area contributed by atoms with Gasteiger partial charge >= 0.3 is 6.18 Å². The summed E-state index contributed by atoms with van der Waals surface area (Å²) in [6, 6.07) is 14.1. The summed E-state index contributed by atoms with van der Waals surface area (Å²) < 4.78 is 63.8. The van der Waals surface area contributed by atoms with Gasteiger partial charge in [-0.15, -0.1) is 0 Å². The summed E-state index contributed by atoms with van der Waals surface area (Å²) in [5.41, 5.74) is 1.33. The molecular weight excluding hydrogens is 970 g/mol. The number of carbonyl (C=O) groups excluding carboxylic acids is 5. The van der Waals surface area contributed by atoms with Crippen LogP contribution >= 0.6 is 11.6 Å². The van der Waals surface area contributed by atoms with E-state index in [9.17, 15) is 37.1 Å². The quantitative estimate of drug-likeness (QED) is 0.101. The van der Waals surface area contributed by atoms with Gasteiger partial charge in [0.15, 0.2) is 0 Å². The maximum absolute atomic E-state index is 16.3. The van der Waals surface area contributed by atoms with E-state index < -0.39 is 59.0 Å². The number of alkyl halides is 3. The summed E-state index contributed by atoms with van der Waals surface area (Å²) in [7, 11) is 1.43. The molecule has 6 aliphatic rings. The molecule has 15 nitrogen and oxygen atoms in total. The van der Waals surface area contributed by atoms with Crippen molar-refractivity contribution < 1.29 is 46.3 Å². The number of imide groups is 1. The van der Waals surface area contributed by atoms with Crippen LogP contribution < -0.4 is 30.9 Å². The molecule has 1 aromatic heterocycles. The number of anilines is 3. The molecule has 0 radical (unpaired) electrons. The third-order valence-electron chi connectivity index (χ3n) is 15.7. The standard InChI is InChI=1S/C53H58ClF4N9O6/c1-51(2,3)25-42-52(28-60-38-24-41(53(56,57)58)59-26-35(38)52)44(34-6-5-7-36(54)45(34)55)46(62-42)48(70)61-37-11-8-29(23-40(37)73-4)49(71)66-16-14-31(15-17-66)64-18-20-65(21-19-64)32-9-10-33-30(22-32)27-67(50(33)72)39-12-13-43(68)63-47(39)69/h5-11,22-24,26,31,39,42,44,46,60,62H,12-21,25,27-28H2,1-4H3,(H,61,70)(H,63,68,69)/t39?,42-,44-,46+,52-/m0/s1. The van der Waals surface area contributed by atoms with E-state index in [0.29, 0.717) is 49.2 Å². The number of piperazine rings is 1. The smallest absolute Gasteiger partial charge is 0.433 e. The van der Waals surface area contributed by atoms with Crippen molar-refractivity contribution >= 4 is 58.2 Å². The molecule has 7 heterocycles. The Morgan fingerprint density at radius 1 is 0.945 bits per heavy atom. The van der Waals surface area contributed by atoms with E-state index >= 15 is 4.39 Å². The molecular formula is C53H58ClF4N9O6. The van der Waals surface area contributed by atoms with Gasteiger partial charge in [-0.2, -0.15) is 13.2 Å². The SMILES string of the molecule is COc1cc(C(=O)N2CCC(N3CCN(c4ccc5c(c4)CN(C4CCC(=O)NC4=O)C5=O)CC3)CC2)ccc1NC(=O)[C@@H]1N[C@@H](CC(C)(C)C)[C@@]2(CNc3cc(C(F)(F)F)ncc32)[C@H]1c1cccc(Cl)c1F.